The van der Waals surface area contributed by atoms with Gasteiger partial charge in [0.15, 0.2) is 0 Å². The van der Waals surface area contributed by atoms with Crippen molar-refractivity contribution in [1.82, 2.24) is 4.57 Å². The molecule has 0 aliphatic carbocycles. The highest BCUT2D eigenvalue weighted by molar-refractivity contribution is 6.67. The summed E-state index contributed by atoms with van der Waals surface area (Å²) in [5.41, 5.74) is 0.214. The van der Waals surface area contributed by atoms with Crippen LogP contribution in [0.3, 0.4) is 0 Å². The third-order valence-corrected chi connectivity index (χ3v) is 1.94. The number of carbonyl (C=O) groups excluding carboxylic acids is 1. The first-order valence-electron chi connectivity index (χ1n) is 3.94. The normalized spacial score (nSPS) is 10.5. The van der Waals surface area contributed by atoms with Crippen LogP contribution in [-0.4, -0.2) is 9.81 Å². The monoisotopic (exact) mass is 199 g/mol. The molecular weight excluding hydrogens is 190 g/mol. The maximum Gasteiger partial charge on any atom is 0.253 e. The van der Waals surface area contributed by atoms with E-state index in [0.29, 0.717) is 5.56 Å². The molecule has 1 heterocycles. The molecule has 0 fully saturated rings. The van der Waals surface area contributed by atoms with Gasteiger partial charge in [-0.3, -0.25) is 9.59 Å². The number of hydrogen-bond acceptors (Lipinski definition) is 2. The molecular formula is C9H10ClNO2. The van der Waals surface area contributed by atoms with Gasteiger partial charge in [0.05, 0.1) is 5.56 Å². The van der Waals surface area contributed by atoms with Crippen LogP contribution in [0.25, 0.3) is 0 Å². The average molecular weight is 200 g/mol. The Balaban J connectivity index is 3.27. The van der Waals surface area contributed by atoms with Gasteiger partial charge in [0.25, 0.3) is 10.8 Å². The quantitative estimate of drug-likeness (QED) is 0.682. The van der Waals surface area contributed by atoms with Crippen LogP contribution in [0.4, 0.5) is 0 Å². The number of carbonyl (C=O) groups is 1. The minimum atomic E-state index is -0.547. The molecule has 0 aliphatic rings. The van der Waals surface area contributed by atoms with E-state index in [1.807, 2.05) is 13.8 Å². The predicted molar refractivity (Wildman–Crippen MR) is 51.3 cm³/mol. The Morgan fingerprint density at radius 1 is 1.46 bits per heavy atom. The second kappa shape index (κ2) is 3.75. The van der Waals surface area contributed by atoms with Gasteiger partial charge in [-0.05, 0) is 31.5 Å². The van der Waals surface area contributed by atoms with E-state index >= 15 is 0 Å². The summed E-state index contributed by atoms with van der Waals surface area (Å²) in [5, 5.41) is -0.547. The van der Waals surface area contributed by atoms with Crippen LogP contribution in [-0.2, 0) is 0 Å². The van der Waals surface area contributed by atoms with Crippen molar-refractivity contribution in [2.24, 2.45) is 0 Å². The fourth-order valence-electron chi connectivity index (χ4n) is 1.02. The van der Waals surface area contributed by atoms with E-state index in [-0.39, 0.29) is 11.6 Å². The summed E-state index contributed by atoms with van der Waals surface area (Å²) in [6.45, 7) is 3.73. The highest BCUT2D eigenvalue weighted by atomic mass is 35.5. The highest BCUT2D eigenvalue weighted by Gasteiger charge is 2.05. The third kappa shape index (κ3) is 2.18. The number of pyridine rings is 1. The summed E-state index contributed by atoms with van der Waals surface area (Å²) in [6, 6.07) is 2.80. The first kappa shape index (κ1) is 9.99. The van der Waals surface area contributed by atoms with Crippen molar-refractivity contribution in [2.45, 2.75) is 19.9 Å². The maximum atomic E-state index is 11.2. The molecule has 0 radical (unpaired) electrons. The van der Waals surface area contributed by atoms with Crippen molar-refractivity contribution in [3.63, 3.8) is 0 Å². The second-order valence-corrected chi connectivity index (χ2v) is 3.37. The second-order valence-electron chi connectivity index (χ2n) is 3.03. The van der Waals surface area contributed by atoms with Gasteiger partial charge >= 0.3 is 0 Å². The van der Waals surface area contributed by atoms with Gasteiger partial charge in [-0.15, -0.1) is 0 Å². The van der Waals surface area contributed by atoms with Gasteiger partial charge in [0.1, 0.15) is 0 Å². The van der Waals surface area contributed by atoms with E-state index in [2.05, 4.69) is 0 Å². The molecule has 3 nitrogen and oxygen atoms in total. The molecule has 4 heteroatoms. The smallest absolute Gasteiger partial charge is 0.253 e. The Bertz CT molecular complexity index is 381. The summed E-state index contributed by atoms with van der Waals surface area (Å²) < 4.78 is 1.47. The zero-order valence-corrected chi connectivity index (χ0v) is 8.21. The molecule has 1 rings (SSSR count). The molecule has 0 N–H and O–H groups in total. The molecule has 13 heavy (non-hydrogen) atoms. The molecule has 0 unspecified atom stereocenters. The Labute approximate surface area is 80.9 Å². The van der Waals surface area contributed by atoms with Crippen LogP contribution in [0.2, 0.25) is 0 Å². The van der Waals surface area contributed by atoms with E-state index in [4.69, 9.17) is 11.6 Å². The summed E-state index contributed by atoms with van der Waals surface area (Å²) in [5.74, 6) is 0. The van der Waals surface area contributed by atoms with Crippen LogP contribution in [0, 0.1) is 0 Å². The Morgan fingerprint density at radius 3 is 2.54 bits per heavy atom. The van der Waals surface area contributed by atoms with Gasteiger partial charge in [-0.25, -0.2) is 0 Å². The standard InChI is InChI=1S/C9H10ClNO2/c1-6(2)11-5-7(9(10)13)3-4-8(11)12/h3-6H,1-2H3. The van der Waals surface area contributed by atoms with Gasteiger partial charge < -0.3 is 4.57 Å². The van der Waals surface area contributed by atoms with Gasteiger partial charge in [-0.2, -0.15) is 0 Å². The molecule has 0 atom stereocenters. The third-order valence-electron chi connectivity index (χ3n) is 1.72. The van der Waals surface area contributed by atoms with Crippen molar-refractivity contribution in [2.75, 3.05) is 0 Å². The van der Waals surface area contributed by atoms with Gasteiger partial charge in [0.2, 0.25) is 0 Å². The molecule has 0 amide bonds. The number of aromatic nitrogens is 1. The minimum Gasteiger partial charge on any atom is -0.312 e. The van der Waals surface area contributed by atoms with E-state index in [0.717, 1.165) is 0 Å². The van der Waals surface area contributed by atoms with Crippen molar-refractivity contribution >= 4 is 16.8 Å². The van der Waals surface area contributed by atoms with E-state index in [1.165, 1.54) is 22.9 Å². The number of halogens is 1. The lowest BCUT2D eigenvalue weighted by molar-refractivity contribution is 0.108. The molecule has 70 valence electrons. The summed E-state index contributed by atoms with van der Waals surface area (Å²) in [7, 11) is 0. The molecule has 0 aliphatic heterocycles. The Hall–Kier alpha value is -1.09. The Morgan fingerprint density at radius 2 is 2.08 bits per heavy atom. The lowest BCUT2D eigenvalue weighted by atomic mass is 10.3. The number of rotatable bonds is 2. The zero-order chi connectivity index (χ0) is 10.0. The van der Waals surface area contributed by atoms with Crippen molar-refractivity contribution in [3.8, 4) is 0 Å². The molecule has 0 aromatic carbocycles. The fourth-order valence-corrected chi connectivity index (χ4v) is 1.14. The molecule has 0 saturated carbocycles. The molecule has 0 bridgehead atoms. The Kier molecular flexibility index (Phi) is 2.88. The number of nitrogens with zero attached hydrogens (tertiary/aromatic N) is 1. The van der Waals surface area contributed by atoms with E-state index in [9.17, 15) is 9.59 Å². The largest absolute Gasteiger partial charge is 0.312 e. The molecule has 1 aromatic heterocycles. The van der Waals surface area contributed by atoms with Gasteiger partial charge in [0, 0.05) is 18.3 Å². The lowest BCUT2D eigenvalue weighted by Gasteiger charge is -2.09. The van der Waals surface area contributed by atoms with Crippen LogP contribution in [0.5, 0.6) is 0 Å². The summed E-state index contributed by atoms with van der Waals surface area (Å²) in [6.07, 6.45) is 1.47. The van der Waals surface area contributed by atoms with Crippen LogP contribution in [0.1, 0.15) is 30.2 Å². The minimum absolute atomic E-state index is 0.0310. The molecule has 1 aromatic rings. The molecule has 0 saturated heterocycles. The zero-order valence-electron chi connectivity index (χ0n) is 7.45. The van der Waals surface area contributed by atoms with Crippen molar-refractivity contribution in [3.05, 3.63) is 34.2 Å². The van der Waals surface area contributed by atoms with Crippen LogP contribution in [0.15, 0.2) is 23.1 Å². The van der Waals surface area contributed by atoms with Crippen molar-refractivity contribution < 1.29 is 4.79 Å². The lowest BCUT2D eigenvalue weighted by Crippen LogP contribution is -2.21. The topological polar surface area (TPSA) is 39.1 Å². The first-order valence-corrected chi connectivity index (χ1v) is 4.32. The van der Waals surface area contributed by atoms with E-state index in [1.54, 1.807) is 0 Å². The first-order chi connectivity index (χ1) is 6.02. The van der Waals surface area contributed by atoms with Crippen LogP contribution < -0.4 is 5.56 Å². The summed E-state index contributed by atoms with van der Waals surface area (Å²) >= 11 is 5.28. The van der Waals surface area contributed by atoms with Gasteiger partial charge in [-0.1, -0.05) is 0 Å². The summed E-state index contributed by atoms with van der Waals surface area (Å²) in [4.78, 5) is 22.0. The maximum absolute atomic E-state index is 11.2. The predicted octanol–water partition coefficient (Wildman–Crippen LogP) is 1.81. The fraction of sp³-hybridized carbons (Fsp3) is 0.333. The average Bonchev–Trinajstić information content (AvgIpc) is 2.04. The number of hydrogen-bond donors (Lipinski definition) is 0. The SMILES string of the molecule is CC(C)n1cc(C(=O)Cl)ccc1=O. The van der Waals surface area contributed by atoms with Crippen LogP contribution >= 0.6 is 11.6 Å². The molecule has 0 spiro atoms. The van der Waals surface area contributed by atoms with E-state index < -0.39 is 5.24 Å². The van der Waals surface area contributed by atoms with Crippen molar-refractivity contribution in [1.29, 1.82) is 0 Å². The highest BCUT2D eigenvalue weighted by Crippen LogP contribution is 2.05.